The molecule has 0 saturated heterocycles. The SMILES string of the molecule is Cc1cs/c(=N\C2CCCCC2)n1/N=C/c1ccc(O)c(O)c1. The van der Waals surface area contributed by atoms with Gasteiger partial charge in [0.05, 0.1) is 18.0 Å². The Labute approximate surface area is 139 Å². The lowest BCUT2D eigenvalue weighted by Crippen LogP contribution is -2.19. The topological polar surface area (TPSA) is 70.1 Å². The van der Waals surface area contributed by atoms with Gasteiger partial charge >= 0.3 is 0 Å². The van der Waals surface area contributed by atoms with Gasteiger partial charge in [0.1, 0.15) is 0 Å². The summed E-state index contributed by atoms with van der Waals surface area (Å²) in [6, 6.07) is 5.05. The minimum absolute atomic E-state index is 0.130. The summed E-state index contributed by atoms with van der Waals surface area (Å²) >= 11 is 1.60. The molecule has 1 aromatic carbocycles. The third kappa shape index (κ3) is 3.82. The Kier molecular flexibility index (Phi) is 4.81. The summed E-state index contributed by atoms with van der Waals surface area (Å²) in [4.78, 5) is 5.77. The smallest absolute Gasteiger partial charge is 0.206 e. The Morgan fingerprint density at radius 2 is 1.96 bits per heavy atom. The van der Waals surface area contributed by atoms with Gasteiger partial charge in [0, 0.05) is 5.38 Å². The molecule has 0 unspecified atom stereocenters. The number of phenols is 2. The lowest BCUT2D eigenvalue weighted by Gasteiger charge is -2.16. The number of aromatic hydroxyl groups is 2. The first-order chi connectivity index (χ1) is 11.1. The van der Waals surface area contributed by atoms with Crippen molar-refractivity contribution in [2.75, 3.05) is 0 Å². The van der Waals surface area contributed by atoms with Gasteiger partial charge in [0.25, 0.3) is 0 Å². The summed E-state index contributed by atoms with van der Waals surface area (Å²) in [6.07, 6.45) is 7.82. The quantitative estimate of drug-likeness (QED) is 0.668. The lowest BCUT2D eigenvalue weighted by molar-refractivity contribution is 0.403. The van der Waals surface area contributed by atoms with Gasteiger partial charge in [-0.1, -0.05) is 19.3 Å². The Hall–Kier alpha value is -2.08. The van der Waals surface area contributed by atoms with E-state index in [-0.39, 0.29) is 11.5 Å². The number of phenolic OH excluding ortho intramolecular Hbond substituents is 2. The van der Waals surface area contributed by atoms with E-state index in [4.69, 9.17) is 4.99 Å². The highest BCUT2D eigenvalue weighted by molar-refractivity contribution is 7.07. The van der Waals surface area contributed by atoms with Crippen LogP contribution in [0.2, 0.25) is 0 Å². The summed E-state index contributed by atoms with van der Waals surface area (Å²) in [5, 5.41) is 25.4. The van der Waals surface area contributed by atoms with Crippen LogP contribution < -0.4 is 4.80 Å². The molecule has 1 aromatic heterocycles. The molecule has 23 heavy (non-hydrogen) atoms. The maximum Gasteiger partial charge on any atom is 0.206 e. The largest absolute Gasteiger partial charge is 0.504 e. The normalized spacial score (nSPS) is 17.2. The van der Waals surface area contributed by atoms with E-state index in [9.17, 15) is 10.2 Å². The van der Waals surface area contributed by atoms with Gasteiger partial charge in [0.2, 0.25) is 4.80 Å². The molecule has 1 aliphatic rings. The van der Waals surface area contributed by atoms with Gasteiger partial charge in [-0.25, -0.2) is 4.68 Å². The van der Waals surface area contributed by atoms with E-state index in [1.54, 1.807) is 23.6 Å². The van der Waals surface area contributed by atoms with Crippen molar-refractivity contribution in [3.05, 3.63) is 39.6 Å². The third-order valence-electron chi connectivity index (χ3n) is 4.04. The van der Waals surface area contributed by atoms with Crippen molar-refractivity contribution in [2.24, 2.45) is 10.1 Å². The molecule has 2 N–H and O–H groups in total. The number of rotatable bonds is 3. The minimum atomic E-state index is -0.145. The summed E-state index contributed by atoms with van der Waals surface area (Å²) in [5.41, 5.74) is 1.76. The Balaban J connectivity index is 1.87. The van der Waals surface area contributed by atoms with E-state index in [1.165, 1.54) is 31.4 Å². The monoisotopic (exact) mass is 331 g/mol. The third-order valence-corrected chi connectivity index (χ3v) is 4.99. The molecule has 0 spiro atoms. The molecular formula is C17H21N3O2S. The van der Waals surface area contributed by atoms with Crippen LogP contribution in [0.4, 0.5) is 0 Å². The van der Waals surface area contributed by atoms with E-state index in [0.29, 0.717) is 6.04 Å². The highest BCUT2D eigenvalue weighted by Crippen LogP contribution is 2.24. The molecular weight excluding hydrogens is 310 g/mol. The van der Waals surface area contributed by atoms with Crippen LogP contribution in [0.1, 0.15) is 43.4 Å². The molecule has 0 bridgehead atoms. The van der Waals surface area contributed by atoms with Crippen LogP contribution in [0.5, 0.6) is 11.5 Å². The maximum absolute atomic E-state index is 9.55. The molecule has 1 aliphatic carbocycles. The Bertz CT molecular complexity index is 770. The van der Waals surface area contributed by atoms with Crippen LogP contribution in [0.3, 0.4) is 0 Å². The van der Waals surface area contributed by atoms with Crippen molar-refractivity contribution >= 4 is 17.6 Å². The number of aryl methyl sites for hydroxylation is 1. The fourth-order valence-corrected chi connectivity index (χ4v) is 3.60. The number of hydrogen-bond acceptors (Lipinski definition) is 5. The van der Waals surface area contributed by atoms with E-state index >= 15 is 0 Å². The van der Waals surface area contributed by atoms with Crippen molar-refractivity contribution in [3.63, 3.8) is 0 Å². The first-order valence-corrected chi connectivity index (χ1v) is 8.79. The van der Waals surface area contributed by atoms with Gasteiger partial charge in [-0.15, -0.1) is 11.3 Å². The molecule has 1 fully saturated rings. The zero-order chi connectivity index (χ0) is 16.2. The number of benzene rings is 1. The Morgan fingerprint density at radius 3 is 2.70 bits per heavy atom. The van der Waals surface area contributed by atoms with Crippen molar-refractivity contribution in [1.29, 1.82) is 0 Å². The molecule has 0 amide bonds. The zero-order valence-electron chi connectivity index (χ0n) is 13.1. The average Bonchev–Trinajstić information content (AvgIpc) is 2.90. The van der Waals surface area contributed by atoms with Crippen LogP contribution in [0.25, 0.3) is 0 Å². The number of aromatic nitrogens is 1. The molecule has 1 saturated carbocycles. The second-order valence-electron chi connectivity index (χ2n) is 5.89. The van der Waals surface area contributed by atoms with Gasteiger partial charge < -0.3 is 10.2 Å². The fourth-order valence-electron chi connectivity index (χ4n) is 2.73. The first-order valence-electron chi connectivity index (χ1n) is 7.91. The fraction of sp³-hybridized carbons (Fsp3) is 0.412. The zero-order valence-corrected chi connectivity index (χ0v) is 14.0. The van der Waals surface area contributed by atoms with E-state index in [1.807, 2.05) is 17.0 Å². The minimum Gasteiger partial charge on any atom is -0.504 e. The van der Waals surface area contributed by atoms with Crippen LogP contribution >= 0.6 is 11.3 Å². The van der Waals surface area contributed by atoms with Crippen molar-refractivity contribution in [3.8, 4) is 11.5 Å². The average molecular weight is 331 g/mol. The van der Waals surface area contributed by atoms with Gasteiger partial charge in [-0.2, -0.15) is 5.10 Å². The second kappa shape index (κ2) is 7.00. The van der Waals surface area contributed by atoms with E-state index < -0.39 is 0 Å². The number of nitrogens with zero attached hydrogens (tertiary/aromatic N) is 3. The molecule has 122 valence electrons. The molecule has 2 aromatic rings. The molecule has 0 aliphatic heterocycles. The van der Waals surface area contributed by atoms with Gasteiger partial charge in [-0.3, -0.25) is 4.99 Å². The number of thiazole rings is 1. The summed E-state index contributed by atoms with van der Waals surface area (Å²) in [6.45, 7) is 2.00. The molecule has 1 heterocycles. The predicted molar refractivity (Wildman–Crippen MR) is 92.2 cm³/mol. The highest BCUT2D eigenvalue weighted by atomic mass is 32.1. The second-order valence-corrected chi connectivity index (χ2v) is 6.72. The van der Waals surface area contributed by atoms with Crippen LogP contribution in [-0.4, -0.2) is 27.1 Å². The molecule has 0 atom stereocenters. The molecule has 3 rings (SSSR count). The molecule has 5 nitrogen and oxygen atoms in total. The van der Waals surface area contributed by atoms with E-state index in [2.05, 4.69) is 5.10 Å². The predicted octanol–water partition coefficient (Wildman–Crippen LogP) is 3.38. The Morgan fingerprint density at radius 1 is 1.17 bits per heavy atom. The van der Waals surface area contributed by atoms with Gasteiger partial charge in [0.15, 0.2) is 11.5 Å². The number of hydrogen-bond donors (Lipinski definition) is 2. The summed E-state index contributed by atoms with van der Waals surface area (Å²) in [5.74, 6) is -0.275. The highest BCUT2D eigenvalue weighted by Gasteiger charge is 2.12. The van der Waals surface area contributed by atoms with E-state index in [0.717, 1.165) is 28.9 Å². The maximum atomic E-state index is 9.55. The lowest BCUT2D eigenvalue weighted by atomic mass is 9.96. The molecule has 0 radical (unpaired) electrons. The van der Waals surface area contributed by atoms with Crippen molar-refractivity contribution in [2.45, 2.75) is 45.1 Å². The van der Waals surface area contributed by atoms with Crippen LogP contribution in [0.15, 0.2) is 33.7 Å². The van der Waals surface area contributed by atoms with Crippen LogP contribution in [-0.2, 0) is 0 Å². The molecule has 6 heteroatoms. The summed E-state index contributed by atoms with van der Waals surface area (Å²) < 4.78 is 1.84. The van der Waals surface area contributed by atoms with Gasteiger partial charge in [-0.05, 0) is 43.5 Å². The van der Waals surface area contributed by atoms with Crippen molar-refractivity contribution < 1.29 is 10.2 Å². The first kappa shape index (κ1) is 15.8. The standard InChI is InChI=1S/C17H21N3O2S/c1-12-11-23-17(19-14-5-3-2-4-6-14)20(12)18-10-13-7-8-15(21)16(22)9-13/h7-11,14,21-22H,2-6H2,1H3/b18-10+,19-17-. The van der Waals surface area contributed by atoms with Crippen LogP contribution in [0, 0.1) is 6.92 Å². The summed E-state index contributed by atoms with van der Waals surface area (Å²) in [7, 11) is 0. The van der Waals surface area contributed by atoms with Crippen molar-refractivity contribution in [1.82, 2.24) is 4.68 Å².